The van der Waals surface area contributed by atoms with Crippen molar-refractivity contribution in [2.45, 2.75) is 65.6 Å². The second-order valence-corrected chi connectivity index (χ2v) is 8.78. The maximum atomic E-state index is 2.84. The standard InChI is InChI=1S/C16H32N2/c1-15(2,3)14-12(10-17(7)8)11-9-13(11)18(14)16(4,5)6/h11-14H,9-10H2,1-8H3/t11-,12?,13?,14+/m1/s1. The van der Waals surface area contributed by atoms with E-state index in [1.54, 1.807) is 0 Å². The van der Waals surface area contributed by atoms with E-state index < -0.39 is 0 Å². The molecule has 0 radical (unpaired) electrons. The molecule has 1 saturated heterocycles. The zero-order valence-electron chi connectivity index (χ0n) is 13.6. The fourth-order valence-electron chi connectivity index (χ4n) is 4.26. The first-order valence-electron chi connectivity index (χ1n) is 7.46. The lowest BCUT2D eigenvalue weighted by Crippen LogP contribution is -2.55. The molecule has 2 rings (SSSR count). The molecule has 1 heterocycles. The van der Waals surface area contributed by atoms with E-state index in [4.69, 9.17) is 0 Å². The van der Waals surface area contributed by atoms with Crippen molar-refractivity contribution in [3.8, 4) is 0 Å². The third-order valence-electron chi connectivity index (χ3n) is 4.66. The van der Waals surface area contributed by atoms with Crippen LogP contribution >= 0.6 is 0 Å². The van der Waals surface area contributed by atoms with Gasteiger partial charge in [-0.2, -0.15) is 0 Å². The first-order valence-corrected chi connectivity index (χ1v) is 7.46. The van der Waals surface area contributed by atoms with Gasteiger partial charge in [-0.1, -0.05) is 20.8 Å². The van der Waals surface area contributed by atoms with Gasteiger partial charge in [0.25, 0.3) is 0 Å². The molecule has 106 valence electrons. The normalized spacial score (nSPS) is 37.2. The topological polar surface area (TPSA) is 6.48 Å². The van der Waals surface area contributed by atoms with Crippen LogP contribution in [0.25, 0.3) is 0 Å². The van der Waals surface area contributed by atoms with Gasteiger partial charge in [0.15, 0.2) is 0 Å². The predicted molar refractivity (Wildman–Crippen MR) is 78.8 cm³/mol. The first kappa shape index (κ1) is 14.3. The van der Waals surface area contributed by atoms with E-state index in [-0.39, 0.29) is 0 Å². The van der Waals surface area contributed by atoms with Crippen LogP contribution in [0.3, 0.4) is 0 Å². The van der Waals surface area contributed by atoms with Gasteiger partial charge in [-0.15, -0.1) is 0 Å². The Balaban J connectivity index is 2.27. The zero-order valence-corrected chi connectivity index (χ0v) is 13.6. The molecule has 0 aromatic heterocycles. The lowest BCUT2D eigenvalue weighted by molar-refractivity contribution is 0.00935. The maximum Gasteiger partial charge on any atom is 0.0196 e. The van der Waals surface area contributed by atoms with Crippen LogP contribution in [0.1, 0.15) is 48.0 Å². The molecule has 0 N–H and O–H groups in total. The Labute approximate surface area is 114 Å². The maximum absolute atomic E-state index is 2.84. The molecule has 0 bridgehead atoms. The number of nitrogens with zero attached hydrogens (tertiary/aromatic N) is 2. The number of piperidine rings is 1. The van der Waals surface area contributed by atoms with E-state index in [2.05, 4.69) is 65.4 Å². The minimum Gasteiger partial charge on any atom is -0.309 e. The second-order valence-electron chi connectivity index (χ2n) is 8.78. The quantitative estimate of drug-likeness (QED) is 0.745. The Morgan fingerprint density at radius 2 is 1.61 bits per heavy atom. The van der Waals surface area contributed by atoms with Gasteiger partial charge in [-0.05, 0) is 58.5 Å². The molecule has 2 aliphatic rings. The smallest absolute Gasteiger partial charge is 0.0196 e. The second kappa shape index (κ2) is 4.21. The fraction of sp³-hybridized carbons (Fsp3) is 1.00. The lowest BCUT2D eigenvalue weighted by Gasteiger charge is -2.47. The van der Waals surface area contributed by atoms with Gasteiger partial charge in [0, 0.05) is 24.2 Å². The third-order valence-corrected chi connectivity index (χ3v) is 4.66. The molecule has 1 aliphatic heterocycles. The van der Waals surface area contributed by atoms with E-state index in [0.29, 0.717) is 11.0 Å². The highest BCUT2D eigenvalue weighted by Crippen LogP contribution is 2.58. The number of hydrogen-bond donors (Lipinski definition) is 0. The van der Waals surface area contributed by atoms with Crippen LogP contribution in [0, 0.1) is 17.3 Å². The van der Waals surface area contributed by atoms with E-state index in [0.717, 1.165) is 23.9 Å². The van der Waals surface area contributed by atoms with Gasteiger partial charge in [0.2, 0.25) is 0 Å². The van der Waals surface area contributed by atoms with E-state index in [1.165, 1.54) is 13.0 Å². The lowest BCUT2D eigenvalue weighted by atomic mass is 9.76. The van der Waals surface area contributed by atoms with Crippen molar-refractivity contribution in [2.75, 3.05) is 20.6 Å². The molecule has 1 saturated carbocycles. The number of hydrogen-bond acceptors (Lipinski definition) is 2. The van der Waals surface area contributed by atoms with Crippen LogP contribution in [0.15, 0.2) is 0 Å². The number of fused-ring (bicyclic) bond motifs is 1. The minimum atomic E-state index is 0.304. The van der Waals surface area contributed by atoms with Crippen molar-refractivity contribution in [1.29, 1.82) is 0 Å². The molecule has 18 heavy (non-hydrogen) atoms. The van der Waals surface area contributed by atoms with Gasteiger partial charge in [-0.25, -0.2) is 0 Å². The predicted octanol–water partition coefficient (Wildman–Crippen LogP) is 3.08. The Kier molecular flexibility index (Phi) is 3.35. The van der Waals surface area contributed by atoms with Crippen LogP contribution in [0.5, 0.6) is 0 Å². The van der Waals surface area contributed by atoms with Gasteiger partial charge < -0.3 is 4.90 Å². The Hall–Kier alpha value is -0.0800. The van der Waals surface area contributed by atoms with Gasteiger partial charge in [-0.3, -0.25) is 4.90 Å². The largest absolute Gasteiger partial charge is 0.309 e. The average Bonchev–Trinajstić information content (AvgIpc) is 2.80. The Morgan fingerprint density at radius 3 is 2.00 bits per heavy atom. The molecular formula is C16H32N2. The summed E-state index contributed by atoms with van der Waals surface area (Å²) in [4.78, 5) is 5.22. The molecule has 0 spiro atoms. The van der Waals surface area contributed by atoms with Crippen molar-refractivity contribution in [3.05, 3.63) is 0 Å². The summed E-state index contributed by atoms with van der Waals surface area (Å²) in [6.07, 6.45) is 1.43. The highest BCUT2D eigenvalue weighted by atomic mass is 15.3. The van der Waals surface area contributed by atoms with E-state index >= 15 is 0 Å². The van der Waals surface area contributed by atoms with Crippen LogP contribution < -0.4 is 0 Å². The monoisotopic (exact) mass is 252 g/mol. The summed E-state index contributed by atoms with van der Waals surface area (Å²) in [5.74, 6) is 1.81. The van der Waals surface area contributed by atoms with Crippen LogP contribution in [0.2, 0.25) is 0 Å². The van der Waals surface area contributed by atoms with Gasteiger partial charge in [0.05, 0.1) is 0 Å². The summed E-state index contributed by atoms with van der Waals surface area (Å²) >= 11 is 0. The molecule has 2 fully saturated rings. The summed E-state index contributed by atoms with van der Waals surface area (Å²) in [7, 11) is 4.44. The van der Waals surface area contributed by atoms with E-state index in [1.807, 2.05) is 0 Å². The number of rotatable bonds is 2. The molecular weight excluding hydrogens is 220 g/mol. The average molecular weight is 252 g/mol. The molecule has 2 unspecified atom stereocenters. The number of likely N-dealkylation sites (tertiary alicyclic amines) is 1. The molecule has 2 heteroatoms. The zero-order chi connectivity index (χ0) is 13.9. The minimum absolute atomic E-state index is 0.304. The van der Waals surface area contributed by atoms with Crippen molar-refractivity contribution in [1.82, 2.24) is 9.80 Å². The Bertz CT molecular complexity index is 308. The molecule has 4 atom stereocenters. The molecule has 1 aliphatic carbocycles. The van der Waals surface area contributed by atoms with Crippen molar-refractivity contribution in [3.63, 3.8) is 0 Å². The van der Waals surface area contributed by atoms with E-state index in [9.17, 15) is 0 Å². The van der Waals surface area contributed by atoms with Crippen LogP contribution in [-0.4, -0.2) is 48.1 Å². The fourth-order valence-corrected chi connectivity index (χ4v) is 4.26. The molecule has 0 amide bonds. The summed E-state index contributed by atoms with van der Waals surface area (Å²) < 4.78 is 0. The van der Waals surface area contributed by atoms with Crippen LogP contribution in [-0.2, 0) is 0 Å². The summed E-state index contributed by atoms with van der Waals surface area (Å²) in [5, 5.41) is 0. The first-order chi connectivity index (χ1) is 8.03. The Morgan fingerprint density at radius 1 is 1.06 bits per heavy atom. The highest BCUT2D eigenvalue weighted by Gasteiger charge is 2.62. The van der Waals surface area contributed by atoms with Crippen molar-refractivity contribution in [2.24, 2.45) is 17.3 Å². The summed E-state index contributed by atoms with van der Waals surface area (Å²) in [6, 6.07) is 1.59. The summed E-state index contributed by atoms with van der Waals surface area (Å²) in [5.41, 5.74) is 0.680. The van der Waals surface area contributed by atoms with Gasteiger partial charge in [0.1, 0.15) is 0 Å². The third kappa shape index (κ3) is 2.46. The SMILES string of the molecule is CN(C)CC1[C@H]2CC2N(C(C)(C)C)[C@@H]1C(C)(C)C. The molecule has 0 aromatic rings. The van der Waals surface area contributed by atoms with Gasteiger partial charge >= 0.3 is 0 Å². The highest BCUT2D eigenvalue weighted by molar-refractivity contribution is 5.16. The van der Waals surface area contributed by atoms with Crippen molar-refractivity contribution < 1.29 is 0 Å². The molecule has 2 nitrogen and oxygen atoms in total. The van der Waals surface area contributed by atoms with Crippen molar-refractivity contribution >= 4 is 0 Å². The molecule has 0 aromatic carbocycles. The van der Waals surface area contributed by atoms with Crippen LogP contribution in [0.4, 0.5) is 0 Å². The summed E-state index contributed by atoms with van der Waals surface area (Å²) in [6.45, 7) is 15.7.